The van der Waals surface area contributed by atoms with E-state index in [9.17, 15) is 9.90 Å². The molecule has 0 radical (unpaired) electrons. The van der Waals surface area contributed by atoms with E-state index in [0.29, 0.717) is 12.1 Å². The summed E-state index contributed by atoms with van der Waals surface area (Å²) in [4.78, 5) is 14.9. The average molecular weight is 194 g/mol. The van der Waals surface area contributed by atoms with Crippen LogP contribution in [0.15, 0.2) is 18.3 Å². The van der Waals surface area contributed by atoms with Gasteiger partial charge in [0.1, 0.15) is 0 Å². The summed E-state index contributed by atoms with van der Waals surface area (Å²) in [6.07, 6.45) is 1.50. The molecule has 1 aromatic heterocycles. The van der Waals surface area contributed by atoms with Crippen LogP contribution in [0, 0.1) is 5.92 Å². The van der Waals surface area contributed by atoms with E-state index in [1.807, 2.05) is 13.8 Å². The fraction of sp³-hybridized carbons (Fsp3) is 0.400. The van der Waals surface area contributed by atoms with Crippen LogP contribution in [-0.2, 0) is 11.3 Å². The highest BCUT2D eigenvalue weighted by Gasteiger charge is 2.07. The third-order valence-electron chi connectivity index (χ3n) is 1.84. The minimum absolute atomic E-state index is 0.0310. The summed E-state index contributed by atoms with van der Waals surface area (Å²) < 4.78 is 0. The number of nitrogens with one attached hydrogen (secondary N) is 1. The highest BCUT2D eigenvalue weighted by atomic mass is 16.3. The average Bonchev–Trinajstić information content (AvgIpc) is 2.16. The quantitative estimate of drug-likeness (QED) is 0.756. The molecule has 0 atom stereocenters. The van der Waals surface area contributed by atoms with Crippen molar-refractivity contribution in [2.24, 2.45) is 5.92 Å². The molecule has 0 fully saturated rings. The van der Waals surface area contributed by atoms with E-state index in [4.69, 9.17) is 0 Å². The summed E-state index contributed by atoms with van der Waals surface area (Å²) in [5.41, 5.74) is 0.626. The number of rotatable bonds is 3. The SMILES string of the molecule is CC(C)C(=O)NCc1cccnc1O. The number of amides is 1. The molecule has 1 amide bonds. The van der Waals surface area contributed by atoms with Crippen molar-refractivity contribution in [3.05, 3.63) is 23.9 Å². The van der Waals surface area contributed by atoms with Gasteiger partial charge in [0.25, 0.3) is 0 Å². The normalized spacial score (nSPS) is 10.2. The molecule has 1 heterocycles. The fourth-order valence-corrected chi connectivity index (χ4v) is 0.955. The second-order valence-electron chi connectivity index (χ2n) is 3.36. The Morgan fingerprint density at radius 1 is 1.64 bits per heavy atom. The van der Waals surface area contributed by atoms with E-state index >= 15 is 0 Å². The van der Waals surface area contributed by atoms with Crippen molar-refractivity contribution in [1.29, 1.82) is 0 Å². The zero-order valence-corrected chi connectivity index (χ0v) is 8.32. The van der Waals surface area contributed by atoms with Gasteiger partial charge in [-0.05, 0) is 6.07 Å². The molecule has 1 aromatic rings. The Hall–Kier alpha value is -1.58. The van der Waals surface area contributed by atoms with Crippen LogP contribution in [0.2, 0.25) is 0 Å². The highest BCUT2D eigenvalue weighted by molar-refractivity contribution is 5.77. The van der Waals surface area contributed by atoms with Crippen molar-refractivity contribution in [1.82, 2.24) is 10.3 Å². The van der Waals surface area contributed by atoms with Gasteiger partial charge in [0.05, 0.1) is 0 Å². The van der Waals surface area contributed by atoms with Crippen molar-refractivity contribution in [2.75, 3.05) is 0 Å². The van der Waals surface area contributed by atoms with Crippen LogP contribution >= 0.6 is 0 Å². The molecule has 2 N–H and O–H groups in total. The van der Waals surface area contributed by atoms with Crippen LogP contribution in [-0.4, -0.2) is 16.0 Å². The molecule has 4 nitrogen and oxygen atoms in total. The first-order chi connectivity index (χ1) is 6.61. The lowest BCUT2D eigenvalue weighted by atomic mass is 10.2. The second kappa shape index (κ2) is 4.60. The molecule has 0 spiro atoms. The number of aromatic nitrogens is 1. The molecule has 0 aromatic carbocycles. The number of aromatic hydroxyl groups is 1. The zero-order valence-electron chi connectivity index (χ0n) is 8.32. The number of pyridine rings is 1. The van der Waals surface area contributed by atoms with Gasteiger partial charge < -0.3 is 10.4 Å². The van der Waals surface area contributed by atoms with E-state index in [1.165, 1.54) is 6.20 Å². The molecule has 1 rings (SSSR count). The van der Waals surface area contributed by atoms with Crippen molar-refractivity contribution >= 4 is 5.91 Å². The van der Waals surface area contributed by atoms with Gasteiger partial charge in [-0.25, -0.2) is 4.98 Å². The summed E-state index contributed by atoms with van der Waals surface area (Å²) in [6.45, 7) is 3.95. The Bertz CT molecular complexity index is 324. The van der Waals surface area contributed by atoms with E-state index in [1.54, 1.807) is 12.1 Å². The third-order valence-corrected chi connectivity index (χ3v) is 1.84. The molecular formula is C10H14N2O2. The third kappa shape index (κ3) is 2.73. The Morgan fingerprint density at radius 3 is 2.93 bits per heavy atom. The van der Waals surface area contributed by atoms with Crippen molar-refractivity contribution in [2.45, 2.75) is 20.4 Å². The van der Waals surface area contributed by atoms with E-state index in [-0.39, 0.29) is 17.7 Å². The highest BCUT2D eigenvalue weighted by Crippen LogP contribution is 2.11. The summed E-state index contributed by atoms with van der Waals surface area (Å²) >= 11 is 0. The second-order valence-corrected chi connectivity index (χ2v) is 3.36. The summed E-state index contributed by atoms with van der Waals surface area (Å²) in [5.74, 6) is -0.112. The maximum absolute atomic E-state index is 11.2. The molecule has 0 bridgehead atoms. The molecular weight excluding hydrogens is 180 g/mol. The van der Waals surface area contributed by atoms with Crippen LogP contribution in [0.1, 0.15) is 19.4 Å². The number of hydrogen-bond acceptors (Lipinski definition) is 3. The molecule has 0 saturated carbocycles. The molecule has 0 unspecified atom stereocenters. The van der Waals surface area contributed by atoms with Crippen LogP contribution in [0.25, 0.3) is 0 Å². The van der Waals surface area contributed by atoms with Crippen LogP contribution in [0.5, 0.6) is 5.88 Å². The van der Waals surface area contributed by atoms with Crippen LogP contribution < -0.4 is 5.32 Å². The number of hydrogen-bond donors (Lipinski definition) is 2. The predicted molar refractivity (Wildman–Crippen MR) is 52.6 cm³/mol. The number of nitrogens with zero attached hydrogens (tertiary/aromatic N) is 1. The minimum atomic E-state index is -0.0474. The summed E-state index contributed by atoms with van der Waals surface area (Å²) in [5, 5.41) is 12.0. The van der Waals surface area contributed by atoms with Crippen molar-refractivity contribution in [3.63, 3.8) is 0 Å². The monoisotopic (exact) mass is 194 g/mol. The van der Waals surface area contributed by atoms with Gasteiger partial charge in [0.2, 0.25) is 11.8 Å². The first kappa shape index (κ1) is 10.5. The molecule has 14 heavy (non-hydrogen) atoms. The first-order valence-corrected chi connectivity index (χ1v) is 4.52. The van der Waals surface area contributed by atoms with Crippen molar-refractivity contribution < 1.29 is 9.90 Å². The van der Waals surface area contributed by atoms with Gasteiger partial charge in [-0.2, -0.15) is 0 Å². The molecule has 0 aliphatic carbocycles. The molecule has 0 saturated heterocycles. The Balaban J connectivity index is 2.54. The Morgan fingerprint density at radius 2 is 2.36 bits per heavy atom. The molecule has 0 aliphatic rings. The maximum Gasteiger partial charge on any atom is 0.222 e. The standard InChI is InChI=1S/C10H14N2O2/c1-7(2)9(13)12-6-8-4-3-5-11-10(8)14/h3-5,7H,6H2,1-2H3,(H,11,14)(H,12,13). The minimum Gasteiger partial charge on any atom is -0.493 e. The Kier molecular flexibility index (Phi) is 3.45. The summed E-state index contributed by atoms with van der Waals surface area (Å²) in [6, 6.07) is 3.44. The smallest absolute Gasteiger partial charge is 0.222 e. The lowest BCUT2D eigenvalue weighted by Crippen LogP contribution is -2.27. The van der Waals surface area contributed by atoms with Gasteiger partial charge in [0.15, 0.2) is 0 Å². The Labute approximate surface area is 83.0 Å². The predicted octanol–water partition coefficient (Wildman–Crippen LogP) is 1.06. The van der Waals surface area contributed by atoms with Gasteiger partial charge in [0, 0.05) is 24.2 Å². The molecule has 4 heteroatoms. The lowest BCUT2D eigenvalue weighted by molar-refractivity contribution is -0.124. The molecule has 76 valence electrons. The topological polar surface area (TPSA) is 62.2 Å². The van der Waals surface area contributed by atoms with Crippen LogP contribution in [0.3, 0.4) is 0 Å². The lowest BCUT2D eigenvalue weighted by Gasteiger charge is -2.07. The van der Waals surface area contributed by atoms with Gasteiger partial charge in [-0.15, -0.1) is 0 Å². The fourth-order valence-electron chi connectivity index (χ4n) is 0.955. The van der Waals surface area contributed by atoms with E-state index in [0.717, 1.165) is 0 Å². The zero-order chi connectivity index (χ0) is 10.6. The number of carbonyl (C=O) groups is 1. The maximum atomic E-state index is 11.2. The summed E-state index contributed by atoms with van der Waals surface area (Å²) in [7, 11) is 0. The van der Waals surface area contributed by atoms with Gasteiger partial charge >= 0.3 is 0 Å². The van der Waals surface area contributed by atoms with Crippen LogP contribution in [0.4, 0.5) is 0 Å². The van der Waals surface area contributed by atoms with Gasteiger partial charge in [-0.3, -0.25) is 4.79 Å². The van der Waals surface area contributed by atoms with Gasteiger partial charge in [-0.1, -0.05) is 19.9 Å². The number of carbonyl (C=O) groups excluding carboxylic acids is 1. The first-order valence-electron chi connectivity index (χ1n) is 4.52. The molecule has 0 aliphatic heterocycles. The van der Waals surface area contributed by atoms with E-state index in [2.05, 4.69) is 10.3 Å². The van der Waals surface area contributed by atoms with Crippen molar-refractivity contribution in [3.8, 4) is 5.88 Å². The van der Waals surface area contributed by atoms with E-state index < -0.39 is 0 Å². The largest absolute Gasteiger partial charge is 0.493 e.